The predicted octanol–water partition coefficient (Wildman–Crippen LogP) is 3.51. The van der Waals surface area contributed by atoms with Crippen LogP contribution in [0.3, 0.4) is 0 Å². The Morgan fingerprint density at radius 2 is 2.11 bits per heavy atom. The number of nitrogens with one attached hydrogen (secondary N) is 2. The molecule has 0 fully saturated rings. The number of anilines is 2. The molecule has 1 rings (SSSR count). The van der Waals surface area contributed by atoms with E-state index in [1.165, 1.54) is 25.5 Å². The molecule has 0 radical (unpaired) electrons. The Balaban J connectivity index is 2.43. The summed E-state index contributed by atoms with van der Waals surface area (Å²) < 4.78 is 0. The lowest BCUT2D eigenvalue weighted by Crippen LogP contribution is -2.08. The van der Waals surface area contributed by atoms with Gasteiger partial charge in [-0.2, -0.15) is 11.8 Å². The first-order valence-electron chi connectivity index (χ1n) is 6.24. The standard InChI is InChI=1S/C14H22N2OS/c1-11-10-13(15-8-4-5-9-18-3)6-7-14(11)16-12(2)17/h6-7,10,15H,4-5,8-9H2,1-3H3,(H,16,17). The van der Waals surface area contributed by atoms with Crippen LogP contribution in [-0.4, -0.2) is 24.5 Å². The zero-order chi connectivity index (χ0) is 13.4. The van der Waals surface area contributed by atoms with E-state index in [9.17, 15) is 4.79 Å². The van der Waals surface area contributed by atoms with Crippen LogP contribution < -0.4 is 10.6 Å². The first kappa shape index (κ1) is 14.9. The minimum atomic E-state index is -0.0316. The lowest BCUT2D eigenvalue weighted by Gasteiger charge is -2.10. The second-order valence-electron chi connectivity index (χ2n) is 4.34. The van der Waals surface area contributed by atoms with Gasteiger partial charge in [0, 0.05) is 24.8 Å². The molecule has 18 heavy (non-hydrogen) atoms. The maximum atomic E-state index is 11.0. The number of thioether (sulfide) groups is 1. The summed E-state index contributed by atoms with van der Waals surface area (Å²) in [6.07, 6.45) is 4.57. The van der Waals surface area contributed by atoms with Crippen molar-refractivity contribution < 1.29 is 4.79 Å². The first-order chi connectivity index (χ1) is 8.63. The topological polar surface area (TPSA) is 41.1 Å². The third-order valence-electron chi connectivity index (χ3n) is 2.64. The van der Waals surface area contributed by atoms with Crippen LogP contribution in [0.4, 0.5) is 11.4 Å². The molecule has 1 amide bonds. The molecule has 0 aromatic heterocycles. The van der Waals surface area contributed by atoms with Gasteiger partial charge in [0.2, 0.25) is 5.91 Å². The fraction of sp³-hybridized carbons (Fsp3) is 0.500. The quantitative estimate of drug-likeness (QED) is 0.742. The van der Waals surface area contributed by atoms with Gasteiger partial charge in [0.1, 0.15) is 0 Å². The van der Waals surface area contributed by atoms with Crippen LogP contribution in [0, 0.1) is 6.92 Å². The van der Waals surface area contributed by atoms with Crippen molar-refractivity contribution in [2.75, 3.05) is 29.2 Å². The molecule has 2 N–H and O–H groups in total. The van der Waals surface area contributed by atoms with Gasteiger partial charge in [-0.3, -0.25) is 4.79 Å². The summed E-state index contributed by atoms with van der Waals surface area (Å²) in [4.78, 5) is 11.0. The van der Waals surface area contributed by atoms with Gasteiger partial charge in [-0.05, 0) is 55.5 Å². The molecule has 0 aliphatic rings. The van der Waals surface area contributed by atoms with E-state index in [4.69, 9.17) is 0 Å². The number of carbonyl (C=O) groups excluding carboxylic acids is 1. The van der Waals surface area contributed by atoms with Crippen molar-refractivity contribution in [1.82, 2.24) is 0 Å². The third kappa shape index (κ3) is 5.45. The highest BCUT2D eigenvalue weighted by Gasteiger charge is 2.01. The van der Waals surface area contributed by atoms with Gasteiger partial charge in [-0.1, -0.05) is 0 Å². The van der Waals surface area contributed by atoms with Crippen LogP contribution in [-0.2, 0) is 4.79 Å². The van der Waals surface area contributed by atoms with Crippen LogP contribution in [0.5, 0.6) is 0 Å². The monoisotopic (exact) mass is 266 g/mol. The summed E-state index contributed by atoms with van der Waals surface area (Å²) in [5, 5.41) is 6.22. The average Bonchev–Trinajstić information content (AvgIpc) is 2.32. The van der Waals surface area contributed by atoms with Crippen LogP contribution in [0.25, 0.3) is 0 Å². The molecule has 0 saturated heterocycles. The van der Waals surface area contributed by atoms with Crippen LogP contribution in [0.15, 0.2) is 18.2 Å². The van der Waals surface area contributed by atoms with Gasteiger partial charge in [0.15, 0.2) is 0 Å². The Morgan fingerprint density at radius 3 is 2.72 bits per heavy atom. The van der Waals surface area contributed by atoms with E-state index in [1.54, 1.807) is 0 Å². The molecule has 3 nitrogen and oxygen atoms in total. The molecular weight excluding hydrogens is 244 g/mol. The summed E-state index contributed by atoms with van der Waals surface area (Å²) in [5.41, 5.74) is 3.08. The Labute approximate surface area is 114 Å². The van der Waals surface area contributed by atoms with Crippen molar-refractivity contribution in [3.05, 3.63) is 23.8 Å². The minimum Gasteiger partial charge on any atom is -0.385 e. The van der Waals surface area contributed by atoms with Gasteiger partial charge in [-0.25, -0.2) is 0 Å². The highest BCUT2D eigenvalue weighted by atomic mass is 32.2. The van der Waals surface area contributed by atoms with Crippen molar-refractivity contribution in [3.8, 4) is 0 Å². The van der Waals surface area contributed by atoms with Gasteiger partial charge in [0.25, 0.3) is 0 Å². The van der Waals surface area contributed by atoms with Gasteiger partial charge in [-0.15, -0.1) is 0 Å². The molecule has 1 aromatic rings. The normalized spacial score (nSPS) is 10.2. The van der Waals surface area contributed by atoms with Crippen LogP contribution in [0.1, 0.15) is 25.3 Å². The van der Waals surface area contributed by atoms with Crippen LogP contribution >= 0.6 is 11.8 Å². The summed E-state index contributed by atoms with van der Waals surface area (Å²) in [7, 11) is 0. The van der Waals surface area contributed by atoms with E-state index >= 15 is 0 Å². The number of carbonyl (C=O) groups is 1. The molecule has 0 aliphatic heterocycles. The van der Waals surface area contributed by atoms with Gasteiger partial charge >= 0.3 is 0 Å². The van der Waals surface area contributed by atoms with E-state index < -0.39 is 0 Å². The van der Waals surface area contributed by atoms with E-state index in [-0.39, 0.29) is 5.91 Å². The molecule has 0 aliphatic carbocycles. The number of amides is 1. The molecule has 0 bridgehead atoms. The molecule has 4 heteroatoms. The Hall–Kier alpha value is -1.16. The zero-order valence-corrected chi connectivity index (χ0v) is 12.2. The second-order valence-corrected chi connectivity index (χ2v) is 5.32. The second kappa shape index (κ2) is 8.03. The first-order valence-corrected chi connectivity index (χ1v) is 7.64. The summed E-state index contributed by atoms with van der Waals surface area (Å²) in [5.74, 6) is 1.19. The lowest BCUT2D eigenvalue weighted by molar-refractivity contribution is -0.114. The number of rotatable bonds is 7. The molecule has 1 aromatic carbocycles. The van der Waals surface area contributed by atoms with E-state index in [1.807, 2.05) is 30.8 Å². The fourth-order valence-electron chi connectivity index (χ4n) is 1.71. The number of benzene rings is 1. The van der Waals surface area contributed by atoms with Crippen LogP contribution in [0.2, 0.25) is 0 Å². The Kier molecular flexibility index (Phi) is 6.65. The summed E-state index contributed by atoms with van der Waals surface area (Å²) in [6, 6.07) is 6.02. The van der Waals surface area contributed by atoms with E-state index in [2.05, 4.69) is 23.0 Å². The van der Waals surface area contributed by atoms with Gasteiger partial charge in [0.05, 0.1) is 0 Å². The van der Waals surface area contributed by atoms with Crippen molar-refractivity contribution in [3.63, 3.8) is 0 Å². The third-order valence-corrected chi connectivity index (χ3v) is 3.34. The molecule has 0 atom stereocenters. The predicted molar refractivity (Wildman–Crippen MR) is 81.6 cm³/mol. The van der Waals surface area contributed by atoms with Crippen molar-refractivity contribution >= 4 is 29.0 Å². The summed E-state index contributed by atoms with van der Waals surface area (Å²) >= 11 is 1.89. The smallest absolute Gasteiger partial charge is 0.221 e. The van der Waals surface area contributed by atoms with Gasteiger partial charge < -0.3 is 10.6 Å². The van der Waals surface area contributed by atoms with E-state index in [0.717, 1.165) is 23.5 Å². The molecule has 0 heterocycles. The number of hydrogen-bond acceptors (Lipinski definition) is 3. The number of aryl methyl sites for hydroxylation is 1. The molecule has 0 unspecified atom stereocenters. The number of hydrogen-bond donors (Lipinski definition) is 2. The zero-order valence-electron chi connectivity index (χ0n) is 11.4. The molecule has 0 saturated carbocycles. The molecule has 0 spiro atoms. The van der Waals surface area contributed by atoms with Crippen molar-refractivity contribution in [1.29, 1.82) is 0 Å². The summed E-state index contributed by atoms with van der Waals surface area (Å²) in [6.45, 7) is 4.53. The van der Waals surface area contributed by atoms with Crippen molar-refractivity contribution in [2.45, 2.75) is 26.7 Å². The average molecular weight is 266 g/mol. The highest BCUT2D eigenvalue weighted by molar-refractivity contribution is 7.98. The fourth-order valence-corrected chi connectivity index (χ4v) is 2.20. The Bertz CT molecular complexity index is 393. The SMILES string of the molecule is CSCCCCNc1ccc(NC(C)=O)c(C)c1. The van der Waals surface area contributed by atoms with Crippen molar-refractivity contribution in [2.24, 2.45) is 0 Å². The highest BCUT2D eigenvalue weighted by Crippen LogP contribution is 2.19. The lowest BCUT2D eigenvalue weighted by atomic mass is 10.1. The minimum absolute atomic E-state index is 0.0316. The molecule has 100 valence electrons. The number of unbranched alkanes of at least 4 members (excludes halogenated alkanes) is 1. The Morgan fingerprint density at radius 1 is 1.33 bits per heavy atom. The maximum Gasteiger partial charge on any atom is 0.221 e. The molecular formula is C14H22N2OS. The largest absolute Gasteiger partial charge is 0.385 e. The van der Waals surface area contributed by atoms with E-state index in [0.29, 0.717) is 0 Å². The maximum absolute atomic E-state index is 11.0.